The number of rotatable bonds is 8. The van der Waals surface area contributed by atoms with Crippen molar-refractivity contribution in [2.45, 2.75) is 17.8 Å². The lowest BCUT2D eigenvalue weighted by atomic mass is 10.1. The summed E-state index contributed by atoms with van der Waals surface area (Å²) in [5.74, 6) is 0.549. The standard InChI is InChI=1S/C19H18Cl2N4O3S3/c1-3-29-19-24-23-18(30-19)22-17(26)13-6-4-12(5-7-13)11-25(31(2,27)28)16-9-14(20)8-15(21)10-16/h4-10H,3,11H2,1-2H3,(H,22,23,26). The van der Waals surface area contributed by atoms with Crippen molar-refractivity contribution < 1.29 is 13.2 Å². The zero-order valence-corrected chi connectivity index (χ0v) is 20.5. The molecule has 1 aromatic heterocycles. The van der Waals surface area contributed by atoms with E-state index in [0.29, 0.717) is 32.0 Å². The lowest BCUT2D eigenvalue weighted by molar-refractivity contribution is 0.102. The number of halogens is 2. The van der Waals surface area contributed by atoms with Crippen LogP contribution in [0.1, 0.15) is 22.8 Å². The highest BCUT2D eigenvalue weighted by Crippen LogP contribution is 2.29. The average molecular weight is 517 g/mol. The fraction of sp³-hybridized carbons (Fsp3) is 0.211. The van der Waals surface area contributed by atoms with Gasteiger partial charge in [0.15, 0.2) is 4.34 Å². The Labute approximate surface area is 198 Å². The minimum absolute atomic E-state index is 0.0609. The van der Waals surface area contributed by atoms with Gasteiger partial charge in [-0.15, -0.1) is 10.2 Å². The maximum absolute atomic E-state index is 12.5. The second kappa shape index (κ2) is 10.2. The number of amides is 1. The molecule has 1 heterocycles. The zero-order valence-electron chi connectivity index (χ0n) is 16.5. The predicted octanol–water partition coefficient (Wildman–Crippen LogP) is 5.18. The molecule has 12 heteroatoms. The monoisotopic (exact) mass is 516 g/mol. The molecule has 1 amide bonds. The topological polar surface area (TPSA) is 92.3 Å². The van der Waals surface area contributed by atoms with Gasteiger partial charge in [-0.05, 0) is 41.6 Å². The first-order valence-corrected chi connectivity index (χ1v) is 13.4. The van der Waals surface area contributed by atoms with Gasteiger partial charge in [-0.25, -0.2) is 8.42 Å². The summed E-state index contributed by atoms with van der Waals surface area (Å²) in [6, 6.07) is 11.2. The van der Waals surface area contributed by atoms with Gasteiger partial charge in [0.1, 0.15) is 0 Å². The number of benzene rings is 2. The predicted molar refractivity (Wildman–Crippen MR) is 128 cm³/mol. The molecule has 0 spiro atoms. The van der Waals surface area contributed by atoms with Crippen LogP contribution in [0.2, 0.25) is 10.0 Å². The van der Waals surface area contributed by atoms with Gasteiger partial charge in [-0.1, -0.05) is 65.4 Å². The molecule has 0 aliphatic rings. The molecule has 0 unspecified atom stereocenters. The van der Waals surface area contributed by atoms with Crippen LogP contribution in [-0.2, 0) is 16.6 Å². The summed E-state index contributed by atoms with van der Waals surface area (Å²) in [6.07, 6.45) is 1.11. The number of hydrogen-bond acceptors (Lipinski definition) is 7. The molecular weight excluding hydrogens is 499 g/mol. The molecule has 31 heavy (non-hydrogen) atoms. The molecule has 0 saturated heterocycles. The normalized spacial score (nSPS) is 11.4. The van der Waals surface area contributed by atoms with E-state index in [-0.39, 0.29) is 12.5 Å². The molecule has 0 radical (unpaired) electrons. The van der Waals surface area contributed by atoms with Gasteiger partial charge in [0, 0.05) is 15.6 Å². The van der Waals surface area contributed by atoms with Gasteiger partial charge in [0.25, 0.3) is 5.91 Å². The van der Waals surface area contributed by atoms with Crippen LogP contribution in [0.5, 0.6) is 0 Å². The minimum Gasteiger partial charge on any atom is -0.296 e. The molecule has 0 bridgehead atoms. The van der Waals surface area contributed by atoms with Crippen molar-refractivity contribution in [3.63, 3.8) is 0 Å². The number of nitrogens with one attached hydrogen (secondary N) is 1. The van der Waals surface area contributed by atoms with E-state index in [9.17, 15) is 13.2 Å². The van der Waals surface area contributed by atoms with Crippen LogP contribution in [0.15, 0.2) is 46.8 Å². The number of nitrogens with zero attached hydrogens (tertiary/aromatic N) is 3. The molecule has 164 valence electrons. The molecule has 0 aliphatic heterocycles. The van der Waals surface area contributed by atoms with E-state index in [1.54, 1.807) is 36.0 Å². The number of hydrogen-bond donors (Lipinski definition) is 1. The number of carbonyl (C=O) groups is 1. The summed E-state index contributed by atoms with van der Waals surface area (Å²) < 4.78 is 26.7. The number of aromatic nitrogens is 2. The first kappa shape index (κ1) is 23.8. The van der Waals surface area contributed by atoms with E-state index in [0.717, 1.165) is 16.3 Å². The maximum Gasteiger partial charge on any atom is 0.257 e. The van der Waals surface area contributed by atoms with Crippen molar-refractivity contribution in [2.24, 2.45) is 0 Å². The Kier molecular flexibility index (Phi) is 7.82. The molecule has 0 aliphatic carbocycles. The third kappa shape index (κ3) is 6.56. The van der Waals surface area contributed by atoms with Gasteiger partial charge in [-0.2, -0.15) is 0 Å². The molecule has 3 aromatic rings. The highest BCUT2D eigenvalue weighted by molar-refractivity contribution is 8.01. The Morgan fingerprint density at radius 1 is 1.13 bits per heavy atom. The van der Waals surface area contributed by atoms with Crippen LogP contribution in [0, 0.1) is 0 Å². The zero-order chi connectivity index (χ0) is 22.6. The van der Waals surface area contributed by atoms with Crippen LogP contribution in [-0.4, -0.2) is 36.5 Å². The van der Waals surface area contributed by atoms with Crippen LogP contribution in [0.3, 0.4) is 0 Å². The SMILES string of the molecule is CCSc1nnc(NC(=O)c2ccc(CN(c3cc(Cl)cc(Cl)c3)S(C)(=O)=O)cc2)s1. The van der Waals surface area contributed by atoms with E-state index in [1.165, 1.54) is 33.8 Å². The lowest BCUT2D eigenvalue weighted by Gasteiger charge is -2.23. The number of thioether (sulfide) groups is 1. The van der Waals surface area contributed by atoms with E-state index < -0.39 is 10.0 Å². The molecule has 3 rings (SSSR count). The quantitative estimate of drug-likeness (QED) is 0.327. The van der Waals surface area contributed by atoms with E-state index in [1.807, 2.05) is 6.92 Å². The second-order valence-corrected chi connectivity index (χ2v) is 11.6. The second-order valence-electron chi connectivity index (χ2n) is 6.35. The minimum atomic E-state index is -3.60. The first-order valence-electron chi connectivity index (χ1n) is 8.96. The van der Waals surface area contributed by atoms with Crippen molar-refractivity contribution in [1.29, 1.82) is 0 Å². The highest BCUT2D eigenvalue weighted by atomic mass is 35.5. The van der Waals surface area contributed by atoms with Crippen molar-refractivity contribution in [3.05, 3.63) is 63.6 Å². The Balaban J connectivity index is 1.75. The van der Waals surface area contributed by atoms with Gasteiger partial charge >= 0.3 is 0 Å². The maximum atomic E-state index is 12.5. The Morgan fingerprint density at radius 3 is 2.35 bits per heavy atom. The van der Waals surface area contributed by atoms with Gasteiger partial charge in [-0.3, -0.25) is 14.4 Å². The average Bonchev–Trinajstić information content (AvgIpc) is 3.12. The summed E-state index contributed by atoms with van der Waals surface area (Å²) in [4.78, 5) is 12.5. The molecule has 2 aromatic carbocycles. The molecular formula is C19H18Cl2N4O3S3. The fourth-order valence-corrected chi connectivity index (χ4v) is 5.65. The summed E-state index contributed by atoms with van der Waals surface area (Å²) in [6.45, 7) is 2.07. The van der Waals surface area contributed by atoms with E-state index >= 15 is 0 Å². The lowest BCUT2D eigenvalue weighted by Crippen LogP contribution is -2.29. The summed E-state index contributed by atoms with van der Waals surface area (Å²) in [5, 5.41) is 11.8. The fourth-order valence-electron chi connectivity index (χ4n) is 2.62. The Morgan fingerprint density at radius 2 is 1.77 bits per heavy atom. The highest BCUT2D eigenvalue weighted by Gasteiger charge is 2.19. The Hall–Kier alpha value is -1.85. The molecule has 7 nitrogen and oxygen atoms in total. The number of carbonyl (C=O) groups excluding carboxylic acids is 1. The number of anilines is 2. The van der Waals surface area contributed by atoms with Crippen LogP contribution in [0.25, 0.3) is 0 Å². The molecule has 0 saturated carbocycles. The summed E-state index contributed by atoms with van der Waals surface area (Å²) in [7, 11) is -3.60. The van der Waals surface area contributed by atoms with E-state index in [2.05, 4.69) is 15.5 Å². The third-order valence-electron chi connectivity index (χ3n) is 3.97. The van der Waals surface area contributed by atoms with Crippen LogP contribution < -0.4 is 9.62 Å². The number of sulfonamides is 1. The van der Waals surface area contributed by atoms with Gasteiger partial charge < -0.3 is 0 Å². The van der Waals surface area contributed by atoms with Crippen molar-refractivity contribution >= 4 is 73.0 Å². The van der Waals surface area contributed by atoms with E-state index in [4.69, 9.17) is 23.2 Å². The smallest absolute Gasteiger partial charge is 0.257 e. The van der Waals surface area contributed by atoms with Gasteiger partial charge in [0.2, 0.25) is 15.2 Å². The van der Waals surface area contributed by atoms with Crippen molar-refractivity contribution in [1.82, 2.24) is 10.2 Å². The first-order chi connectivity index (χ1) is 14.7. The summed E-state index contributed by atoms with van der Waals surface area (Å²) >= 11 is 14.9. The Bertz CT molecular complexity index is 1160. The largest absolute Gasteiger partial charge is 0.296 e. The summed E-state index contributed by atoms with van der Waals surface area (Å²) in [5.41, 5.74) is 1.47. The van der Waals surface area contributed by atoms with Crippen LogP contribution in [0.4, 0.5) is 10.8 Å². The molecule has 0 fully saturated rings. The van der Waals surface area contributed by atoms with Crippen LogP contribution >= 0.6 is 46.3 Å². The molecule has 0 atom stereocenters. The van der Waals surface area contributed by atoms with Crippen molar-refractivity contribution in [3.8, 4) is 0 Å². The van der Waals surface area contributed by atoms with Gasteiger partial charge in [0.05, 0.1) is 18.5 Å². The third-order valence-corrected chi connectivity index (χ3v) is 7.40. The van der Waals surface area contributed by atoms with Crippen molar-refractivity contribution in [2.75, 3.05) is 21.6 Å². The molecule has 1 N–H and O–H groups in total.